The summed E-state index contributed by atoms with van der Waals surface area (Å²) in [5.41, 5.74) is 5.47. The maximum absolute atomic E-state index is 13.3. The van der Waals surface area contributed by atoms with Gasteiger partial charge in [0.15, 0.2) is 0 Å². The monoisotopic (exact) mass is 364 g/mol. The number of nitrogens with two attached hydrogens (primary N) is 1. The van der Waals surface area contributed by atoms with E-state index in [0.717, 1.165) is 25.3 Å². The summed E-state index contributed by atoms with van der Waals surface area (Å²) in [5, 5.41) is 0. The Kier molecular flexibility index (Phi) is 5.20. The van der Waals surface area contributed by atoms with Crippen molar-refractivity contribution in [2.45, 2.75) is 38.4 Å². The van der Waals surface area contributed by atoms with Gasteiger partial charge in [0.2, 0.25) is 0 Å². The molecule has 0 heterocycles. The molecule has 0 amide bonds. The van der Waals surface area contributed by atoms with Crippen LogP contribution in [0.15, 0.2) is 22.7 Å². The Labute approximate surface area is 131 Å². The fourth-order valence-corrected chi connectivity index (χ4v) is 3.62. The molecule has 2 N–H and O–H groups in total. The van der Waals surface area contributed by atoms with Gasteiger partial charge in [-0.05, 0) is 50.4 Å². The van der Waals surface area contributed by atoms with Gasteiger partial charge >= 0.3 is 6.18 Å². The second-order valence-corrected chi connectivity index (χ2v) is 6.35. The van der Waals surface area contributed by atoms with Gasteiger partial charge in [-0.25, -0.2) is 0 Å². The molecule has 0 radical (unpaired) electrons. The number of halogens is 4. The molecule has 2 atom stereocenters. The average molecular weight is 365 g/mol. The Morgan fingerprint density at radius 1 is 1.33 bits per heavy atom. The Morgan fingerprint density at radius 2 is 2.05 bits per heavy atom. The van der Waals surface area contributed by atoms with E-state index in [2.05, 4.69) is 15.9 Å². The zero-order chi connectivity index (χ0) is 15.6. The van der Waals surface area contributed by atoms with Gasteiger partial charge in [0, 0.05) is 17.1 Å². The molecule has 0 aromatic heterocycles. The summed E-state index contributed by atoms with van der Waals surface area (Å²) in [6.07, 6.45) is -1.43. The van der Waals surface area contributed by atoms with E-state index < -0.39 is 11.7 Å². The first kappa shape index (κ1) is 16.6. The van der Waals surface area contributed by atoms with Crippen molar-refractivity contribution in [3.05, 3.63) is 28.2 Å². The maximum Gasteiger partial charge on any atom is 0.418 e. The summed E-state index contributed by atoms with van der Waals surface area (Å²) >= 11 is 3.28. The van der Waals surface area contributed by atoms with Gasteiger partial charge in [-0.3, -0.25) is 0 Å². The Bertz CT molecular complexity index is 490. The van der Waals surface area contributed by atoms with Gasteiger partial charge < -0.3 is 10.6 Å². The highest BCUT2D eigenvalue weighted by Crippen LogP contribution is 2.41. The quantitative estimate of drug-likeness (QED) is 0.856. The van der Waals surface area contributed by atoms with Gasteiger partial charge in [0.25, 0.3) is 0 Å². The van der Waals surface area contributed by atoms with Crippen LogP contribution in [0.25, 0.3) is 0 Å². The third-order valence-electron chi connectivity index (χ3n) is 4.24. The van der Waals surface area contributed by atoms with E-state index in [1.54, 1.807) is 6.07 Å². The molecule has 1 aliphatic carbocycles. The third kappa shape index (κ3) is 3.54. The maximum atomic E-state index is 13.3. The van der Waals surface area contributed by atoms with Crippen molar-refractivity contribution in [1.82, 2.24) is 0 Å². The largest absolute Gasteiger partial charge is 0.418 e. The van der Waals surface area contributed by atoms with Gasteiger partial charge in [0.1, 0.15) is 0 Å². The van der Waals surface area contributed by atoms with Crippen LogP contribution in [0.2, 0.25) is 0 Å². The molecule has 21 heavy (non-hydrogen) atoms. The van der Waals surface area contributed by atoms with E-state index in [1.807, 2.05) is 11.8 Å². The first-order chi connectivity index (χ1) is 9.88. The van der Waals surface area contributed by atoms with Crippen molar-refractivity contribution in [2.24, 2.45) is 11.7 Å². The fraction of sp³-hybridized carbons (Fsp3) is 0.600. The number of anilines is 1. The van der Waals surface area contributed by atoms with E-state index in [1.165, 1.54) is 6.07 Å². The van der Waals surface area contributed by atoms with Crippen LogP contribution in [0.5, 0.6) is 0 Å². The Hall–Kier alpha value is -0.750. The highest BCUT2D eigenvalue weighted by molar-refractivity contribution is 9.10. The molecule has 6 heteroatoms. The number of rotatable bonds is 4. The topological polar surface area (TPSA) is 29.3 Å². The van der Waals surface area contributed by atoms with Crippen molar-refractivity contribution in [3.63, 3.8) is 0 Å². The minimum absolute atomic E-state index is 0.0930. The molecule has 1 aromatic carbocycles. The van der Waals surface area contributed by atoms with Gasteiger partial charge in [-0.15, -0.1) is 0 Å². The number of alkyl halides is 3. The van der Waals surface area contributed by atoms with E-state index in [9.17, 15) is 13.2 Å². The molecule has 2 rings (SSSR count). The lowest BCUT2D eigenvalue weighted by Gasteiger charge is -2.35. The molecule has 0 saturated heterocycles. The van der Waals surface area contributed by atoms with Crippen molar-refractivity contribution in [3.8, 4) is 0 Å². The standard InChI is InChI=1S/C15H20BrF3N2/c1-2-21(13-5-3-4-10(13)9-20)14-8-11(16)6-7-12(14)15(17,18)19/h6-8,10,13H,2-5,9,20H2,1H3. The number of benzene rings is 1. The minimum atomic E-state index is -4.35. The van der Waals surface area contributed by atoms with Crippen molar-refractivity contribution >= 4 is 21.6 Å². The molecule has 0 bridgehead atoms. The fourth-order valence-electron chi connectivity index (χ4n) is 3.27. The average Bonchev–Trinajstić information content (AvgIpc) is 2.86. The minimum Gasteiger partial charge on any atom is -0.368 e. The SMILES string of the molecule is CCN(c1cc(Br)ccc1C(F)(F)F)C1CCCC1CN. The lowest BCUT2D eigenvalue weighted by molar-refractivity contribution is -0.137. The molecule has 0 aliphatic heterocycles. The number of hydrogen-bond acceptors (Lipinski definition) is 2. The van der Waals surface area contributed by atoms with Crippen LogP contribution in [0.4, 0.5) is 18.9 Å². The van der Waals surface area contributed by atoms with Gasteiger partial charge in [-0.2, -0.15) is 13.2 Å². The third-order valence-corrected chi connectivity index (χ3v) is 4.73. The normalized spacial score (nSPS) is 22.6. The smallest absolute Gasteiger partial charge is 0.368 e. The molecular formula is C15H20BrF3N2. The summed E-state index contributed by atoms with van der Waals surface area (Å²) in [6, 6.07) is 4.25. The lowest BCUT2D eigenvalue weighted by Crippen LogP contribution is -2.41. The summed E-state index contributed by atoms with van der Waals surface area (Å²) in [6.45, 7) is 2.96. The van der Waals surface area contributed by atoms with Crippen LogP contribution in [-0.4, -0.2) is 19.1 Å². The zero-order valence-corrected chi connectivity index (χ0v) is 13.5. The van der Waals surface area contributed by atoms with E-state index in [4.69, 9.17) is 5.73 Å². The second kappa shape index (κ2) is 6.57. The van der Waals surface area contributed by atoms with Gasteiger partial charge in [-0.1, -0.05) is 22.4 Å². The summed E-state index contributed by atoms with van der Waals surface area (Å²) < 4.78 is 40.5. The summed E-state index contributed by atoms with van der Waals surface area (Å²) in [5.74, 6) is 0.269. The Balaban J connectivity index is 2.44. The van der Waals surface area contributed by atoms with E-state index >= 15 is 0 Å². The Morgan fingerprint density at radius 3 is 2.62 bits per heavy atom. The highest BCUT2D eigenvalue weighted by Gasteiger charge is 2.38. The highest BCUT2D eigenvalue weighted by atomic mass is 79.9. The molecule has 2 unspecified atom stereocenters. The first-order valence-electron chi connectivity index (χ1n) is 7.22. The second-order valence-electron chi connectivity index (χ2n) is 5.44. The predicted molar refractivity (Wildman–Crippen MR) is 82.3 cm³/mol. The van der Waals surface area contributed by atoms with Gasteiger partial charge in [0.05, 0.1) is 11.3 Å². The van der Waals surface area contributed by atoms with Crippen LogP contribution in [0.3, 0.4) is 0 Å². The predicted octanol–water partition coefficient (Wildman–Crippen LogP) is 4.42. The molecule has 2 nitrogen and oxygen atoms in total. The van der Waals surface area contributed by atoms with Crippen molar-refractivity contribution < 1.29 is 13.2 Å². The molecule has 1 aliphatic rings. The van der Waals surface area contributed by atoms with Crippen LogP contribution in [0.1, 0.15) is 31.7 Å². The van der Waals surface area contributed by atoms with E-state index in [-0.39, 0.29) is 17.6 Å². The molecule has 118 valence electrons. The van der Waals surface area contributed by atoms with Crippen LogP contribution in [0, 0.1) is 5.92 Å². The van der Waals surface area contributed by atoms with E-state index in [0.29, 0.717) is 17.6 Å². The molecule has 1 fully saturated rings. The van der Waals surface area contributed by atoms with Crippen LogP contribution >= 0.6 is 15.9 Å². The van der Waals surface area contributed by atoms with Crippen LogP contribution in [-0.2, 0) is 6.18 Å². The molecule has 1 aromatic rings. The number of hydrogen-bond donors (Lipinski definition) is 1. The molecule has 0 spiro atoms. The van der Waals surface area contributed by atoms with Crippen molar-refractivity contribution in [2.75, 3.05) is 18.0 Å². The molecule has 1 saturated carbocycles. The summed E-state index contributed by atoms with van der Waals surface area (Å²) in [7, 11) is 0. The molecular weight excluding hydrogens is 345 g/mol. The first-order valence-corrected chi connectivity index (χ1v) is 8.01. The number of nitrogens with zero attached hydrogens (tertiary/aromatic N) is 1. The van der Waals surface area contributed by atoms with Crippen molar-refractivity contribution in [1.29, 1.82) is 0 Å². The lowest BCUT2D eigenvalue weighted by atomic mass is 10.0. The zero-order valence-electron chi connectivity index (χ0n) is 12.0. The van der Waals surface area contributed by atoms with Crippen LogP contribution < -0.4 is 10.6 Å². The summed E-state index contributed by atoms with van der Waals surface area (Å²) in [4.78, 5) is 1.87.